The topological polar surface area (TPSA) is 67.4 Å². The number of carbonyl (C=O) groups is 2. The molecule has 0 heterocycles. The molecule has 0 aromatic heterocycles. The van der Waals surface area contributed by atoms with Crippen LogP contribution >= 0.6 is 27.5 Å². The van der Waals surface area contributed by atoms with Crippen molar-refractivity contribution in [3.05, 3.63) is 63.1 Å². The SMILES string of the molecule is COc1ccc(Cl)cc1C(=O)NCCNC(=O)c1ccccc1Br. The summed E-state index contributed by atoms with van der Waals surface area (Å²) in [6, 6.07) is 11.9. The highest BCUT2D eigenvalue weighted by atomic mass is 79.9. The summed E-state index contributed by atoms with van der Waals surface area (Å²) in [6.45, 7) is 0.583. The average Bonchev–Trinajstić information content (AvgIpc) is 2.58. The molecule has 7 heteroatoms. The summed E-state index contributed by atoms with van der Waals surface area (Å²) in [6.07, 6.45) is 0. The Morgan fingerprint density at radius 1 is 1.04 bits per heavy atom. The molecule has 0 aliphatic rings. The Labute approximate surface area is 153 Å². The predicted octanol–water partition coefficient (Wildman–Crippen LogP) is 3.27. The van der Waals surface area contributed by atoms with Crippen molar-refractivity contribution in [1.82, 2.24) is 10.6 Å². The van der Waals surface area contributed by atoms with Gasteiger partial charge in [-0.05, 0) is 46.3 Å². The normalized spacial score (nSPS) is 10.1. The van der Waals surface area contributed by atoms with Crippen molar-refractivity contribution >= 4 is 39.3 Å². The van der Waals surface area contributed by atoms with Gasteiger partial charge in [0.15, 0.2) is 0 Å². The van der Waals surface area contributed by atoms with Crippen molar-refractivity contribution in [2.75, 3.05) is 20.2 Å². The van der Waals surface area contributed by atoms with Crippen LogP contribution in [0, 0.1) is 0 Å². The number of halogens is 2. The summed E-state index contributed by atoms with van der Waals surface area (Å²) in [5.41, 5.74) is 0.891. The molecule has 24 heavy (non-hydrogen) atoms. The summed E-state index contributed by atoms with van der Waals surface area (Å²) in [7, 11) is 1.48. The van der Waals surface area contributed by atoms with Crippen molar-refractivity contribution in [3.8, 4) is 5.75 Å². The van der Waals surface area contributed by atoms with Gasteiger partial charge >= 0.3 is 0 Å². The first-order valence-corrected chi connectivity index (χ1v) is 8.34. The number of nitrogens with one attached hydrogen (secondary N) is 2. The molecule has 0 radical (unpaired) electrons. The fourth-order valence-electron chi connectivity index (χ4n) is 2.05. The number of ether oxygens (including phenoxy) is 1. The molecule has 0 bridgehead atoms. The highest BCUT2D eigenvalue weighted by molar-refractivity contribution is 9.10. The minimum atomic E-state index is -0.315. The van der Waals surface area contributed by atoms with E-state index in [0.29, 0.717) is 28.4 Å². The minimum absolute atomic E-state index is 0.211. The first-order chi connectivity index (χ1) is 11.5. The Bertz CT molecular complexity index is 752. The zero-order chi connectivity index (χ0) is 17.5. The van der Waals surface area contributed by atoms with Gasteiger partial charge in [0.05, 0.1) is 18.2 Å². The van der Waals surface area contributed by atoms with E-state index in [0.717, 1.165) is 4.47 Å². The van der Waals surface area contributed by atoms with Crippen LogP contribution in [0.1, 0.15) is 20.7 Å². The molecular weight excluding hydrogens is 396 g/mol. The summed E-state index contributed by atoms with van der Waals surface area (Å²) >= 11 is 9.23. The molecule has 0 atom stereocenters. The zero-order valence-electron chi connectivity index (χ0n) is 12.9. The Morgan fingerprint density at radius 2 is 1.67 bits per heavy atom. The average molecular weight is 412 g/mol. The number of amides is 2. The van der Waals surface area contributed by atoms with Crippen LogP contribution in [0.2, 0.25) is 5.02 Å². The van der Waals surface area contributed by atoms with Crippen LogP contribution in [0.25, 0.3) is 0 Å². The van der Waals surface area contributed by atoms with Crippen molar-refractivity contribution in [1.29, 1.82) is 0 Å². The molecule has 2 aromatic carbocycles. The molecule has 2 aromatic rings. The van der Waals surface area contributed by atoms with E-state index in [-0.39, 0.29) is 18.4 Å². The van der Waals surface area contributed by atoms with E-state index in [9.17, 15) is 9.59 Å². The first-order valence-electron chi connectivity index (χ1n) is 7.17. The number of methoxy groups -OCH3 is 1. The summed E-state index contributed by atoms with van der Waals surface area (Å²) in [5, 5.41) is 5.91. The van der Waals surface area contributed by atoms with Gasteiger partial charge in [-0.3, -0.25) is 9.59 Å². The first kappa shape index (κ1) is 18.3. The molecule has 2 N–H and O–H groups in total. The minimum Gasteiger partial charge on any atom is -0.496 e. The second-order valence-electron chi connectivity index (χ2n) is 4.84. The molecule has 0 fully saturated rings. The van der Waals surface area contributed by atoms with Crippen LogP contribution in [0.15, 0.2) is 46.9 Å². The van der Waals surface area contributed by atoms with Crippen molar-refractivity contribution in [3.63, 3.8) is 0 Å². The number of hydrogen-bond acceptors (Lipinski definition) is 3. The highest BCUT2D eigenvalue weighted by Gasteiger charge is 2.13. The van der Waals surface area contributed by atoms with Gasteiger partial charge in [-0.15, -0.1) is 0 Å². The third-order valence-corrected chi connectivity index (χ3v) is 4.15. The molecule has 0 spiro atoms. The Hall–Kier alpha value is -2.05. The molecule has 2 rings (SSSR count). The van der Waals surface area contributed by atoms with Gasteiger partial charge in [0.2, 0.25) is 0 Å². The van der Waals surface area contributed by atoms with Gasteiger partial charge in [0, 0.05) is 22.6 Å². The number of hydrogen-bond donors (Lipinski definition) is 2. The fourth-order valence-corrected chi connectivity index (χ4v) is 2.68. The molecule has 2 amide bonds. The van der Waals surface area contributed by atoms with Crippen molar-refractivity contribution in [2.45, 2.75) is 0 Å². The van der Waals surface area contributed by atoms with Crippen molar-refractivity contribution < 1.29 is 14.3 Å². The van der Waals surface area contributed by atoms with E-state index in [1.165, 1.54) is 13.2 Å². The predicted molar refractivity (Wildman–Crippen MR) is 96.8 cm³/mol. The molecule has 0 saturated carbocycles. The molecule has 0 saturated heterocycles. The van der Waals surface area contributed by atoms with Crippen LogP contribution < -0.4 is 15.4 Å². The molecule has 0 unspecified atom stereocenters. The number of carbonyl (C=O) groups excluding carboxylic acids is 2. The van der Waals surface area contributed by atoms with Crippen LogP contribution in [0.3, 0.4) is 0 Å². The van der Waals surface area contributed by atoms with Gasteiger partial charge < -0.3 is 15.4 Å². The molecule has 5 nitrogen and oxygen atoms in total. The lowest BCUT2D eigenvalue weighted by Gasteiger charge is -2.10. The maximum atomic E-state index is 12.2. The fraction of sp³-hybridized carbons (Fsp3) is 0.176. The van der Waals surface area contributed by atoms with E-state index in [1.54, 1.807) is 30.3 Å². The van der Waals surface area contributed by atoms with Crippen LogP contribution in [0.4, 0.5) is 0 Å². The standard InChI is InChI=1S/C17H16BrClN2O3/c1-24-15-7-6-11(19)10-13(15)17(23)21-9-8-20-16(22)12-4-2-3-5-14(12)18/h2-7,10H,8-9H2,1H3,(H,20,22)(H,21,23). The summed E-state index contributed by atoms with van der Waals surface area (Å²) in [4.78, 5) is 24.2. The van der Waals surface area contributed by atoms with Gasteiger partial charge in [0.25, 0.3) is 11.8 Å². The smallest absolute Gasteiger partial charge is 0.255 e. The Morgan fingerprint density at radius 3 is 2.29 bits per heavy atom. The second kappa shape index (κ2) is 8.70. The summed E-state index contributed by atoms with van der Waals surface area (Å²) in [5.74, 6) is -0.0873. The highest BCUT2D eigenvalue weighted by Crippen LogP contribution is 2.22. The van der Waals surface area contributed by atoms with Crippen LogP contribution in [-0.2, 0) is 0 Å². The van der Waals surface area contributed by atoms with Crippen LogP contribution in [0.5, 0.6) is 5.75 Å². The Kier molecular flexibility index (Phi) is 6.63. The molecule has 126 valence electrons. The lowest BCUT2D eigenvalue weighted by Crippen LogP contribution is -2.34. The molecule has 0 aliphatic carbocycles. The van der Waals surface area contributed by atoms with E-state index in [4.69, 9.17) is 16.3 Å². The molecule has 0 aliphatic heterocycles. The van der Waals surface area contributed by atoms with Gasteiger partial charge in [-0.25, -0.2) is 0 Å². The maximum absolute atomic E-state index is 12.2. The van der Waals surface area contributed by atoms with E-state index < -0.39 is 0 Å². The largest absolute Gasteiger partial charge is 0.496 e. The quantitative estimate of drug-likeness (QED) is 0.717. The van der Waals surface area contributed by atoms with E-state index >= 15 is 0 Å². The molecular formula is C17H16BrClN2O3. The van der Waals surface area contributed by atoms with Gasteiger partial charge in [0.1, 0.15) is 5.75 Å². The van der Waals surface area contributed by atoms with E-state index in [1.807, 2.05) is 6.07 Å². The van der Waals surface area contributed by atoms with Gasteiger partial charge in [-0.2, -0.15) is 0 Å². The maximum Gasteiger partial charge on any atom is 0.255 e. The third kappa shape index (κ3) is 4.72. The third-order valence-electron chi connectivity index (χ3n) is 3.22. The van der Waals surface area contributed by atoms with E-state index in [2.05, 4.69) is 26.6 Å². The summed E-state index contributed by atoms with van der Waals surface area (Å²) < 4.78 is 5.86. The van der Waals surface area contributed by atoms with Crippen molar-refractivity contribution in [2.24, 2.45) is 0 Å². The lowest BCUT2D eigenvalue weighted by molar-refractivity contribution is 0.0925. The number of benzene rings is 2. The van der Waals surface area contributed by atoms with Gasteiger partial charge in [-0.1, -0.05) is 23.7 Å². The number of rotatable bonds is 6. The van der Waals surface area contributed by atoms with Crippen LogP contribution in [-0.4, -0.2) is 32.0 Å². The monoisotopic (exact) mass is 410 g/mol. The zero-order valence-corrected chi connectivity index (χ0v) is 15.3. The lowest BCUT2D eigenvalue weighted by atomic mass is 10.2. The second-order valence-corrected chi connectivity index (χ2v) is 6.13. The Balaban J connectivity index is 1.86.